The topological polar surface area (TPSA) is 110 Å². The highest BCUT2D eigenvalue weighted by Gasteiger charge is 2.43. The number of hydrogen-bond acceptors (Lipinski definition) is 6. The van der Waals surface area contributed by atoms with Crippen LogP contribution in [0.3, 0.4) is 0 Å². The highest BCUT2D eigenvalue weighted by molar-refractivity contribution is 5.85. The van der Waals surface area contributed by atoms with E-state index in [0.29, 0.717) is 19.3 Å². The van der Waals surface area contributed by atoms with E-state index in [4.69, 9.17) is 9.84 Å². The molecule has 1 fully saturated rings. The number of aliphatic carboxylic acids is 1. The first-order chi connectivity index (χ1) is 13.9. The van der Waals surface area contributed by atoms with Gasteiger partial charge < -0.3 is 19.7 Å². The number of aliphatic hydroxyl groups excluding tert-OH is 1. The highest BCUT2D eigenvalue weighted by Crippen LogP contribution is 2.36. The van der Waals surface area contributed by atoms with Gasteiger partial charge in [0.25, 0.3) is 0 Å². The number of unbranched alkanes of at least 4 members (excludes halogenated alkanes) is 5. The minimum absolute atomic E-state index is 0.0551. The molecular formula is C22H36O7. The van der Waals surface area contributed by atoms with E-state index in [1.807, 2.05) is 6.08 Å². The number of ketones is 1. The molecule has 1 aliphatic carbocycles. The maximum absolute atomic E-state index is 12.5. The average molecular weight is 413 g/mol. The van der Waals surface area contributed by atoms with E-state index in [0.717, 1.165) is 38.5 Å². The third-order valence-electron chi connectivity index (χ3n) is 5.44. The molecule has 1 saturated carbocycles. The van der Waals surface area contributed by atoms with Crippen molar-refractivity contribution >= 4 is 17.9 Å². The Kier molecular flexibility index (Phi) is 12.3. The van der Waals surface area contributed by atoms with Crippen LogP contribution in [-0.2, 0) is 19.1 Å². The first kappa shape index (κ1) is 25.1. The van der Waals surface area contributed by atoms with Gasteiger partial charge in [0.2, 0.25) is 0 Å². The molecule has 29 heavy (non-hydrogen) atoms. The summed E-state index contributed by atoms with van der Waals surface area (Å²) in [5.41, 5.74) is 0. The molecule has 0 radical (unpaired) electrons. The van der Waals surface area contributed by atoms with Crippen LogP contribution in [0.4, 0.5) is 4.79 Å². The lowest BCUT2D eigenvalue weighted by atomic mass is 9.88. The molecule has 1 rings (SSSR count). The van der Waals surface area contributed by atoms with Crippen LogP contribution in [0, 0.1) is 11.8 Å². The summed E-state index contributed by atoms with van der Waals surface area (Å²) >= 11 is 0. The molecule has 1 aliphatic rings. The first-order valence-electron chi connectivity index (χ1n) is 10.7. The van der Waals surface area contributed by atoms with Gasteiger partial charge in [0.05, 0.1) is 13.2 Å². The largest absolute Gasteiger partial charge is 0.508 e. The second kappa shape index (κ2) is 14.1. The lowest BCUT2D eigenvalue weighted by Crippen LogP contribution is -2.24. The predicted octanol–water partition coefficient (Wildman–Crippen LogP) is 4.27. The number of carboxylic acid groups (broad SMARTS) is 1. The number of methoxy groups -OCH3 is 1. The molecule has 0 bridgehead atoms. The summed E-state index contributed by atoms with van der Waals surface area (Å²) in [6.07, 6.45) is 9.42. The summed E-state index contributed by atoms with van der Waals surface area (Å²) in [6.45, 7) is 2.10. The Bertz CT molecular complexity index is 543. The van der Waals surface area contributed by atoms with Crippen molar-refractivity contribution in [3.05, 3.63) is 12.2 Å². The number of ether oxygens (including phenoxy) is 2. The van der Waals surface area contributed by atoms with E-state index in [9.17, 15) is 19.5 Å². The molecule has 0 aromatic heterocycles. The zero-order valence-corrected chi connectivity index (χ0v) is 17.7. The number of carbonyl (C=O) groups is 3. The number of rotatable bonds is 14. The van der Waals surface area contributed by atoms with Gasteiger partial charge in [0.15, 0.2) is 0 Å². The molecule has 7 nitrogen and oxygen atoms in total. The van der Waals surface area contributed by atoms with Crippen molar-refractivity contribution in [3.8, 4) is 0 Å². The molecule has 0 saturated heterocycles. The fourth-order valence-electron chi connectivity index (χ4n) is 3.81. The molecule has 0 heterocycles. The standard InChI is InChI=1S/C22H36O7/c1-3-4-7-10-16(23)13-14-18-17(11-8-5-6-9-12-21(25)26)19(24)15-20(18)29-22(27)28-2/h13-14,16-18,20,23H,3-12,15H2,1-2H3,(H,25,26)/b14-13+/t16-,17+,18+,20+/m0/s1. The maximum atomic E-state index is 12.5. The van der Waals surface area contributed by atoms with Crippen LogP contribution in [0.15, 0.2) is 12.2 Å². The summed E-state index contributed by atoms with van der Waals surface area (Å²) < 4.78 is 9.87. The summed E-state index contributed by atoms with van der Waals surface area (Å²) in [7, 11) is 1.23. The Morgan fingerprint density at radius 1 is 1.17 bits per heavy atom. The lowest BCUT2D eigenvalue weighted by molar-refractivity contribution is -0.137. The normalized spacial score (nSPS) is 22.7. The van der Waals surface area contributed by atoms with Crippen molar-refractivity contribution in [2.45, 2.75) is 89.8 Å². The summed E-state index contributed by atoms with van der Waals surface area (Å²) in [5, 5.41) is 18.8. The number of hydrogen-bond donors (Lipinski definition) is 2. The summed E-state index contributed by atoms with van der Waals surface area (Å²) in [6, 6.07) is 0. The van der Waals surface area contributed by atoms with Crippen molar-refractivity contribution in [2.75, 3.05) is 7.11 Å². The SMILES string of the molecule is CCCCC[C@H](O)/C=C/[C@H]1[C@H](OC(=O)OC)CC(=O)[C@@H]1CCCCCCC(=O)O. The lowest BCUT2D eigenvalue weighted by Gasteiger charge is -2.21. The van der Waals surface area contributed by atoms with Gasteiger partial charge in [0, 0.05) is 24.7 Å². The second-order valence-corrected chi connectivity index (χ2v) is 7.76. The molecule has 0 spiro atoms. The molecule has 0 aromatic carbocycles. The van der Waals surface area contributed by atoms with Crippen LogP contribution in [0.2, 0.25) is 0 Å². The van der Waals surface area contributed by atoms with Crippen LogP contribution >= 0.6 is 0 Å². The van der Waals surface area contributed by atoms with E-state index >= 15 is 0 Å². The van der Waals surface area contributed by atoms with Gasteiger partial charge in [-0.2, -0.15) is 0 Å². The Morgan fingerprint density at radius 2 is 1.90 bits per heavy atom. The molecule has 0 aliphatic heterocycles. The second-order valence-electron chi connectivity index (χ2n) is 7.76. The molecular weight excluding hydrogens is 376 g/mol. The molecule has 4 atom stereocenters. The number of Topliss-reactive ketones (excluding diaryl/α,β-unsaturated/α-hetero) is 1. The summed E-state index contributed by atoms with van der Waals surface area (Å²) in [4.78, 5) is 34.6. The Balaban J connectivity index is 2.65. The Morgan fingerprint density at radius 3 is 2.55 bits per heavy atom. The van der Waals surface area contributed by atoms with Crippen LogP contribution in [0.25, 0.3) is 0 Å². The monoisotopic (exact) mass is 412 g/mol. The zero-order valence-electron chi connectivity index (χ0n) is 17.7. The molecule has 0 unspecified atom stereocenters. The van der Waals surface area contributed by atoms with Gasteiger partial charge in [-0.05, 0) is 19.3 Å². The average Bonchev–Trinajstić information content (AvgIpc) is 2.96. The maximum Gasteiger partial charge on any atom is 0.508 e. The molecule has 0 amide bonds. The van der Waals surface area contributed by atoms with Crippen LogP contribution in [-0.4, -0.2) is 47.4 Å². The Labute approximate surface area is 173 Å². The zero-order chi connectivity index (χ0) is 21.6. The van der Waals surface area contributed by atoms with E-state index in [1.165, 1.54) is 7.11 Å². The predicted molar refractivity (Wildman–Crippen MR) is 109 cm³/mol. The smallest absolute Gasteiger partial charge is 0.481 e. The third kappa shape index (κ3) is 9.92. The van der Waals surface area contributed by atoms with Crippen molar-refractivity contribution in [2.24, 2.45) is 11.8 Å². The first-order valence-corrected chi connectivity index (χ1v) is 10.7. The van der Waals surface area contributed by atoms with E-state index < -0.39 is 24.3 Å². The van der Waals surface area contributed by atoms with Gasteiger partial charge in [-0.3, -0.25) is 9.59 Å². The van der Waals surface area contributed by atoms with Gasteiger partial charge >= 0.3 is 12.1 Å². The van der Waals surface area contributed by atoms with Crippen LogP contribution in [0.5, 0.6) is 0 Å². The minimum atomic E-state index is -0.806. The van der Waals surface area contributed by atoms with E-state index in [1.54, 1.807) is 6.08 Å². The minimum Gasteiger partial charge on any atom is -0.481 e. The van der Waals surface area contributed by atoms with Crippen molar-refractivity contribution < 1.29 is 34.1 Å². The van der Waals surface area contributed by atoms with Gasteiger partial charge in [0.1, 0.15) is 11.9 Å². The quantitative estimate of drug-likeness (QED) is 0.249. The van der Waals surface area contributed by atoms with Crippen LogP contribution in [0.1, 0.15) is 77.6 Å². The number of aliphatic hydroxyl groups is 1. The fraction of sp³-hybridized carbons (Fsp3) is 0.773. The summed E-state index contributed by atoms with van der Waals surface area (Å²) in [5.74, 6) is -1.27. The molecule has 0 aromatic rings. The molecule has 7 heteroatoms. The Hall–Kier alpha value is -1.89. The van der Waals surface area contributed by atoms with Crippen molar-refractivity contribution in [1.29, 1.82) is 0 Å². The van der Waals surface area contributed by atoms with Gasteiger partial charge in [-0.1, -0.05) is 57.6 Å². The van der Waals surface area contributed by atoms with E-state index in [-0.39, 0.29) is 30.5 Å². The van der Waals surface area contributed by atoms with Crippen LogP contribution < -0.4 is 0 Å². The fourth-order valence-corrected chi connectivity index (χ4v) is 3.81. The molecule has 2 N–H and O–H groups in total. The third-order valence-corrected chi connectivity index (χ3v) is 5.44. The van der Waals surface area contributed by atoms with Gasteiger partial charge in [-0.15, -0.1) is 0 Å². The van der Waals surface area contributed by atoms with Crippen molar-refractivity contribution in [1.82, 2.24) is 0 Å². The number of carbonyl (C=O) groups excluding carboxylic acids is 2. The highest BCUT2D eigenvalue weighted by atomic mass is 16.7. The molecule has 166 valence electrons. The number of carboxylic acids is 1. The van der Waals surface area contributed by atoms with Crippen molar-refractivity contribution in [3.63, 3.8) is 0 Å². The van der Waals surface area contributed by atoms with Gasteiger partial charge in [-0.25, -0.2) is 4.79 Å². The van der Waals surface area contributed by atoms with E-state index in [2.05, 4.69) is 11.7 Å².